The summed E-state index contributed by atoms with van der Waals surface area (Å²) in [7, 11) is 1.83. The standard InChI is InChI=1S/C24H27N5O4S/c1-15(2)21(26-23(31)17-9-10-18-19(11-17)33-14-32-18)22-27-28-24(29(22)3)34-13-20(30)25-12-16-7-5-4-6-8-16/h4-11,15,21H,12-14H2,1-3H3,(H,25,30)(H,26,31)/t21-/m0/s1. The van der Waals surface area contributed by atoms with Crippen LogP contribution in [-0.4, -0.2) is 39.1 Å². The number of hydrogen-bond acceptors (Lipinski definition) is 7. The van der Waals surface area contributed by atoms with E-state index in [1.54, 1.807) is 18.2 Å². The summed E-state index contributed by atoms with van der Waals surface area (Å²) < 4.78 is 12.5. The van der Waals surface area contributed by atoms with Gasteiger partial charge in [0.05, 0.1) is 11.8 Å². The van der Waals surface area contributed by atoms with Gasteiger partial charge in [0.1, 0.15) is 0 Å². The molecule has 2 aromatic carbocycles. The highest BCUT2D eigenvalue weighted by Gasteiger charge is 2.26. The average Bonchev–Trinajstić information content (AvgIpc) is 3.46. The minimum absolute atomic E-state index is 0.0629. The van der Waals surface area contributed by atoms with Gasteiger partial charge in [-0.25, -0.2) is 0 Å². The molecule has 0 radical (unpaired) electrons. The van der Waals surface area contributed by atoms with E-state index in [4.69, 9.17) is 9.47 Å². The lowest BCUT2D eigenvalue weighted by molar-refractivity contribution is -0.118. The van der Waals surface area contributed by atoms with Gasteiger partial charge in [0.2, 0.25) is 12.7 Å². The van der Waals surface area contributed by atoms with Crippen molar-refractivity contribution in [3.05, 3.63) is 65.5 Å². The van der Waals surface area contributed by atoms with Crippen LogP contribution in [0.1, 0.15) is 41.6 Å². The SMILES string of the molecule is CC(C)[C@H](NC(=O)c1ccc2c(c1)OCO2)c1nnc(SCC(=O)NCc2ccccc2)n1C. The van der Waals surface area contributed by atoms with E-state index in [1.807, 2.05) is 55.8 Å². The first-order chi connectivity index (χ1) is 16.4. The molecule has 4 rings (SSSR count). The lowest BCUT2D eigenvalue weighted by Crippen LogP contribution is -2.33. The average molecular weight is 482 g/mol. The second-order valence-corrected chi connectivity index (χ2v) is 9.16. The van der Waals surface area contributed by atoms with Crippen molar-refractivity contribution >= 4 is 23.6 Å². The van der Waals surface area contributed by atoms with Crippen molar-refractivity contribution in [1.82, 2.24) is 25.4 Å². The Morgan fingerprint density at radius 3 is 2.62 bits per heavy atom. The van der Waals surface area contributed by atoms with Gasteiger partial charge >= 0.3 is 0 Å². The van der Waals surface area contributed by atoms with E-state index in [2.05, 4.69) is 20.8 Å². The zero-order valence-electron chi connectivity index (χ0n) is 19.3. The van der Waals surface area contributed by atoms with Crippen LogP contribution in [0.4, 0.5) is 0 Å². The largest absolute Gasteiger partial charge is 0.454 e. The quantitative estimate of drug-likeness (QED) is 0.452. The first-order valence-corrected chi connectivity index (χ1v) is 11.9. The fraction of sp³-hybridized carbons (Fsp3) is 0.333. The third-order valence-corrected chi connectivity index (χ3v) is 6.42. The smallest absolute Gasteiger partial charge is 0.252 e. The van der Waals surface area contributed by atoms with Crippen molar-refractivity contribution in [3.63, 3.8) is 0 Å². The second-order valence-electron chi connectivity index (χ2n) is 8.21. The van der Waals surface area contributed by atoms with E-state index in [1.165, 1.54) is 11.8 Å². The van der Waals surface area contributed by atoms with E-state index >= 15 is 0 Å². The van der Waals surface area contributed by atoms with Crippen molar-refractivity contribution < 1.29 is 19.1 Å². The Morgan fingerprint density at radius 1 is 1.09 bits per heavy atom. The number of nitrogens with zero attached hydrogens (tertiary/aromatic N) is 3. The van der Waals surface area contributed by atoms with Gasteiger partial charge in [-0.15, -0.1) is 10.2 Å². The summed E-state index contributed by atoms with van der Waals surface area (Å²) in [6.45, 7) is 4.64. The number of carbonyl (C=O) groups excluding carboxylic acids is 2. The summed E-state index contributed by atoms with van der Waals surface area (Å²) in [4.78, 5) is 25.2. The van der Waals surface area contributed by atoms with Gasteiger partial charge in [-0.2, -0.15) is 0 Å². The van der Waals surface area contributed by atoms with Crippen LogP contribution in [0.2, 0.25) is 0 Å². The molecule has 1 aliphatic heterocycles. The molecule has 9 nitrogen and oxygen atoms in total. The number of ether oxygens (including phenoxy) is 2. The number of amides is 2. The Labute approximate surface area is 202 Å². The molecule has 0 aliphatic carbocycles. The van der Waals surface area contributed by atoms with Crippen molar-refractivity contribution in [2.45, 2.75) is 31.6 Å². The molecule has 0 saturated heterocycles. The summed E-state index contributed by atoms with van der Waals surface area (Å²) in [5.74, 6) is 1.75. The Morgan fingerprint density at radius 2 is 1.85 bits per heavy atom. The highest BCUT2D eigenvalue weighted by atomic mass is 32.2. The fourth-order valence-electron chi connectivity index (χ4n) is 3.49. The lowest BCUT2D eigenvalue weighted by atomic mass is 10.0. The van der Waals surface area contributed by atoms with Gasteiger partial charge < -0.3 is 24.7 Å². The molecule has 1 aromatic heterocycles. The van der Waals surface area contributed by atoms with Gasteiger partial charge in [0, 0.05) is 19.2 Å². The molecule has 1 aliphatic rings. The molecule has 1 atom stereocenters. The Hall–Kier alpha value is -3.53. The number of fused-ring (bicyclic) bond motifs is 1. The third kappa shape index (κ3) is 5.51. The summed E-state index contributed by atoms with van der Waals surface area (Å²) in [6, 6.07) is 14.5. The van der Waals surface area contributed by atoms with Gasteiger partial charge in [-0.3, -0.25) is 9.59 Å². The predicted octanol–water partition coefficient (Wildman–Crippen LogP) is 3.08. The fourth-order valence-corrected chi connectivity index (χ4v) is 4.24. The number of benzene rings is 2. The molecule has 0 bridgehead atoms. The molecule has 10 heteroatoms. The molecule has 3 aromatic rings. The van der Waals surface area contributed by atoms with Gasteiger partial charge in [-0.1, -0.05) is 55.9 Å². The van der Waals surface area contributed by atoms with E-state index in [-0.39, 0.29) is 36.3 Å². The molecule has 2 N–H and O–H groups in total. The predicted molar refractivity (Wildman–Crippen MR) is 128 cm³/mol. The third-order valence-electron chi connectivity index (χ3n) is 5.40. The Bertz CT molecular complexity index is 1170. The molecular formula is C24H27N5O4S. The van der Waals surface area contributed by atoms with Crippen LogP contribution in [0, 0.1) is 5.92 Å². The number of thioether (sulfide) groups is 1. The highest BCUT2D eigenvalue weighted by Crippen LogP contribution is 2.33. The van der Waals surface area contributed by atoms with E-state index < -0.39 is 0 Å². The molecule has 2 amide bonds. The maximum Gasteiger partial charge on any atom is 0.252 e. The Kier molecular flexibility index (Phi) is 7.36. The summed E-state index contributed by atoms with van der Waals surface area (Å²) in [6.07, 6.45) is 0. The molecule has 0 unspecified atom stereocenters. The molecule has 0 spiro atoms. The van der Waals surface area contributed by atoms with Crippen LogP contribution in [0.25, 0.3) is 0 Å². The van der Waals surface area contributed by atoms with E-state index in [0.717, 1.165) is 5.56 Å². The molecular weight excluding hydrogens is 454 g/mol. The first-order valence-electron chi connectivity index (χ1n) is 11.0. The van der Waals surface area contributed by atoms with Crippen molar-refractivity contribution in [3.8, 4) is 11.5 Å². The molecule has 2 heterocycles. The summed E-state index contributed by atoms with van der Waals surface area (Å²) >= 11 is 1.30. The van der Waals surface area contributed by atoms with Crippen LogP contribution in [0.5, 0.6) is 11.5 Å². The number of carbonyl (C=O) groups is 2. The normalized spacial score (nSPS) is 13.1. The maximum absolute atomic E-state index is 12.9. The first kappa shape index (κ1) is 23.6. The second kappa shape index (κ2) is 10.6. The minimum atomic E-state index is -0.364. The van der Waals surface area contributed by atoms with Crippen molar-refractivity contribution in [2.75, 3.05) is 12.5 Å². The van der Waals surface area contributed by atoms with Crippen LogP contribution in [-0.2, 0) is 18.4 Å². The molecule has 0 fully saturated rings. The number of nitrogens with one attached hydrogen (secondary N) is 2. The van der Waals surface area contributed by atoms with Gasteiger partial charge in [0.15, 0.2) is 22.5 Å². The Balaban J connectivity index is 1.37. The lowest BCUT2D eigenvalue weighted by Gasteiger charge is -2.21. The van der Waals surface area contributed by atoms with Crippen LogP contribution < -0.4 is 20.1 Å². The van der Waals surface area contributed by atoms with Gasteiger partial charge in [0.25, 0.3) is 5.91 Å². The monoisotopic (exact) mass is 481 g/mol. The van der Waals surface area contributed by atoms with Crippen LogP contribution >= 0.6 is 11.8 Å². The van der Waals surface area contributed by atoms with E-state index in [9.17, 15) is 9.59 Å². The topological polar surface area (TPSA) is 107 Å². The zero-order valence-corrected chi connectivity index (χ0v) is 20.1. The minimum Gasteiger partial charge on any atom is -0.454 e. The van der Waals surface area contributed by atoms with Gasteiger partial charge in [-0.05, 0) is 29.7 Å². The number of aromatic nitrogens is 3. The number of rotatable bonds is 9. The molecule has 178 valence electrons. The molecule has 0 saturated carbocycles. The summed E-state index contributed by atoms with van der Waals surface area (Å²) in [5, 5.41) is 15.1. The number of hydrogen-bond donors (Lipinski definition) is 2. The van der Waals surface area contributed by atoms with E-state index in [0.29, 0.717) is 34.6 Å². The molecule has 34 heavy (non-hydrogen) atoms. The van der Waals surface area contributed by atoms with Crippen molar-refractivity contribution in [1.29, 1.82) is 0 Å². The van der Waals surface area contributed by atoms with Crippen LogP contribution in [0.3, 0.4) is 0 Å². The van der Waals surface area contributed by atoms with Crippen LogP contribution in [0.15, 0.2) is 53.7 Å². The highest BCUT2D eigenvalue weighted by molar-refractivity contribution is 7.99. The maximum atomic E-state index is 12.9. The zero-order chi connectivity index (χ0) is 24.1. The van der Waals surface area contributed by atoms with Crippen molar-refractivity contribution in [2.24, 2.45) is 13.0 Å². The summed E-state index contributed by atoms with van der Waals surface area (Å²) in [5.41, 5.74) is 1.52.